The lowest BCUT2D eigenvalue weighted by molar-refractivity contribution is 0.232. The Hall–Kier alpha value is -1.06. The Bertz CT molecular complexity index is 431. The summed E-state index contributed by atoms with van der Waals surface area (Å²) < 4.78 is 5.54. The van der Waals surface area contributed by atoms with Gasteiger partial charge in [0.1, 0.15) is 5.75 Å². The minimum atomic E-state index is 0.601. The molecule has 0 saturated carbocycles. The molecule has 1 unspecified atom stereocenters. The zero-order valence-electron chi connectivity index (χ0n) is 12.6. The van der Waals surface area contributed by atoms with Crippen molar-refractivity contribution in [1.29, 1.82) is 0 Å². The fourth-order valence-corrected chi connectivity index (χ4v) is 2.96. The van der Waals surface area contributed by atoms with E-state index in [4.69, 9.17) is 4.74 Å². The van der Waals surface area contributed by atoms with Gasteiger partial charge >= 0.3 is 0 Å². The predicted octanol–water partition coefficient (Wildman–Crippen LogP) is 2.15. The first-order valence-corrected chi connectivity index (χ1v) is 7.16. The number of nitrogens with one attached hydrogen (secondary N) is 1. The van der Waals surface area contributed by atoms with Gasteiger partial charge in [0.15, 0.2) is 0 Å². The number of ether oxygens (including phenoxy) is 1. The fourth-order valence-electron chi connectivity index (χ4n) is 2.96. The highest BCUT2D eigenvalue weighted by molar-refractivity contribution is 5.43. The Balaban J connectivity index is 2.02. The third-order valence-electron chi connectivity index (χ3n) is 4.00. The van der Waals surface area contributed by atoms with Gasteiger partial charge in [-0.1, -0.05) is 6.07 Å². The number of hydrogen-bond donors (Lipinski definition) is 1. The standard InChI is InChI=1S/C16H26N2O/c1-12-9-13(2)15(16(10-12)19-4)6-5-14-11-18(3)8-7-17-14/h9-10,14,17H,5-8,11H2,1-4H3. The zero-order valence-corrected chi connectivity index (χ0v) is 12.6. The summed E-state index contributed by atoms with van der Waals surface area (Å²) in [6.07, 6.45) is 2.26. The summed E-state index contributed by atoms with van der Waals surface area (Å²) in [4.78, 5) is 2.40. The van der Waals surface area contributed by atoms with E-state index in [0.29, 0.717) is 6.04 Å². The number of likely N-dealkylation sites (N-methyl/N-ethyl adjacent to an activating group) is 1. The predicted molar refractivity (Wildman–Crippen MR) is 80.1 cm³/mol. The van der Waals surface area contributed by atoms with Crippen LogP contribution in [0.2, 0.25) is 0 Å². The number of methoxy groups -OCH3 is 1. The third-order valence-corrected chi connectivity index (χ3v) is 4.00. The van der Waals surface area contributed by atoms with Crippen molar-refractivity contribution < 1.29 is 4.74 Å². The minimum Gasteiger partial charge on any atom is -0.496 e. The first-order valence-electron chi connectivity index (χ1n) is 7.16. The van der Waals surface area contributed by atoms with Crippen molar-refractivity contribution in [1.82, 2.24) is 10.2 Å². The van der Waals surface area contributed by atoms with Crippen LogP contribution in [0.5, 0.6) is 5.75 Å². The van der Waals surface area contributed by atoms with Crippen LogP contribution in [0.15, 0.2) is 12.1 Å². The maximum atomic E-state index is 5.54. The molecule has 1 heterocycles. The Morgan fingerprint density at radius 2 is 2.16 bits per heavy atom. The molecule has 0 aliphatic carbocycles. The molecule has 0 radical (unpaired) electrons. The maximum absolute atomic E-state index is 5.54. The lowest BCUT2D eigenvalue weighted by atomic mass is 9.97. The van der Waals surface area contributed by atoms with Crippen molar-refractivity contribution in [3.63, 3.8) is 0 Å². The van der Waals surface area contributed by atoms with Gasteiger partial charge < -0.3 is 15.0 Å². The van der Waals surface area contributed by atoms with Gasteiger partial charge in [-0.15, -0.1) is 0 Å². The highest BCUT2D eigenvalue weighted by atomic mass is 16.5. The van der Waals surface area contributed by atoms with Crippen molar-refractivity contribution >= 4 is 0 Å². The highest BCUT2D eigenvalue weighted by Crippen LogP contribution is 2.26. The largest absolute Gasteiger partial charge is 0.496 e. The van der Waals surface area contributed by atoms with E-state index in [1.54, 1.807) is 7.11 Å². The van der Waals surface area contributed by atoms with E-state index in [0.717, 1.165) is 31.8 Å². The SMILES string of the molecule is COc1cc(C)cc(C)c1CCC1CN(C)CCN1. The molecule has 1 atom stereocenters. The quantitative estimate of drug-likeness (QED) is 0.900. The lowest BCUT2D eigenvalue weighted by Crippen LogP contribution is -2.49. The Kier molecular flexibility index (Phi) is 4.83. The summed E-state index contributed by atoms with van der Waals surface area (Å²) in [5.74, 6) is 1.04. The van der Waals surface area contributed by atoms with Crippen LogP contribution in [0.25, 0.3) is 0 Å². The minimum absolute atomic E-state index is 0.601. The summed E-state index contributed by atoms with van der Waals surface area (Å²) in [6, 6.07) is 4.99. The molecule has 1 aliphatic heterocycles. The number of piperazine rings is 1. The molecule has 0 bridgehead atoms. The van der Waals surface area contributed by atoms with Gasteiger partial charge in [0.2, 0.25) is 0 Å². The molecule has 0 spiro atoms. The van der Waals surface area contributed by atoms with Gasteiger partial charge in [-0.05, 0) is 56.5 Å². The maximum Gasteiger partial charge on any atom is 0.122 e. The molecule has 2 rings (SSSR count). The monoisotopic (exact) mass is 262 g/mol. The summed E-state index contributed by atoms with van der Waals surface area (Å²) in [6.45, 7) is 7.71. The summed E-state index contributed by atoms with van der Waals surface area (Å²) in [5, 5.41) is 3.61. The van der Waals surface area contributed by atoms with Gasteiger partial charge in [-0.25, -0.2) is 0 Å². The number of benzene rings is 1. The number of hydrogen-bond acceptors (Lipinski definition) is 3. The van der Waals surface area contributed by atoms with Gasteiger partial charge in [0.25, 0.3) is 0 Å². The number of rotatable bonds is 4. The summed E-state index contributed by atoms with van der Waals surface area (Å²) >= 11 is 0. The molecule has 106 valence electrons. The molecule has 1 aliphatic rings. The molecule has 1 saturated heterocycles. The van der Waals surface area contributed by atoms with E-state index in [-0.39, 0.29) is 0 Å². The fraction of sp³-hybridized carbons (Fsp3) is 0.625. The summed E-state index contributed by atoms with van der Waals surface area (Å²) in [5.41, 5.74) is 3.98. The van der Waals surface area contributed by atoms with Gasteiger partial charge in [0, 0.05) is 25.7 Å². The second kappa shape index (κ2) is 6.40. The molecule has 0 amide bonds. The Morgan fingerprint density at radius 3 is 2.84 bits per heavy atom. The second-order valence-corrected chi connectivity index (χ2v) is 5.71. The molecule has 1 aromatic rings. The lowest BCUT2D eigenvalue weighted by Gasteiger charge is -2.31. The molecular weight excluding hydrogens is 236 g/mol. The van der Waals surface area contributed by atoms with Crippen LogP contribution >= 0.6 is 0 Å². The average molecular weight is 262 g/mol. The molecule has 1 fully saturated rings. The molecule has 3 heteroatoms. The van der Waals surface area contributed by atoms with Crippen LogP contribution in [0, 0.1) is 13.8 Å². The van der Waals surface area contributed by atoms with Crippen LogP contribution < -0.4 is 10.1 Å². The van der Waals surface area contributed by atoms with E-state index in [1.807, 2.05) is 0 Å². The van der Waals surface area contributed by atoms with Crippen LogP contribution in [0.1, 0.15) is 23.1 Å². The van der Waals surface area contributed by atoms with Crippen LogP contribution in [-0.2, 0) is 6.42 Å². The first-order chi connectivity index (χ1) is 9.10. The van der Waals surface area contributed by atoms with Crippen molar-refractivity contribution in [2.24, 2.45) is 0 Å². The van der Waals surface area contributed by atoms with E-state index >= 15 is 0 Å². The van der Waals surface area contributed by atoms with Crippen molar-refractivity contribution in [2.75, 3.05) is 33.8 Å². The van der Waals surface area contributed by atoms with E-state index < -0.39 is 0 Å². The zero-order chi connectivity index (χ0) is 13.8. The Labute approximate surface area is 116 Å². The summed E-state index contributed by atoms with van der Waals surface area (Å²) in [7, 11) is 3.97. The van der Waals surface area contributed by atoms with Gasteiger partial charge in [-0.2, -0.15) is 0 Å². The second-order valence-electron chi connectivity index (χ2n) is 5.71. The van der Waals surface area contributed by atoms with E-state index in [9.17, 15) is 0 Å². The number of nitrogens with zero attached hydrogens (tertiary/aromatic N) is 1. The molecule has 1 N–H and O–H groups in total. The molecule has 19 heavy (non-hydrogen) atoms. The van der Waals surface area contributed by atoms with Crippen molar-refractivity contribution in [2.45, 2.75) is 32.7 Å². The van der Waals surface area contributed by atoms with E-state index in [1.165, 1.54) is 23.1 Å². The van der Waals surface area contributed by atoms with Crippen molar-refractivity contribution in [3.05, 3.63) is 28.8 Å². The first kappa shape index (κ1) is 14.4. The topological polar surface area (TPSA) is 24.5 Å². The van der Waals surface area contributed by atoms with Crippen LogP contribution in [0.4, 0.5) is 0 Å². The normalized spacial score (nSPS) is 20.5. The number of aryl methyl sites for hydroxylation is 2. The Morgan fingerprint density at radius 1 is 1.37 bits per heavy atom. The average Bonchev–Trinajstić information content (AvgIpc) is 2.37. The smallest absolute Gasteiger partial charge is 0.122 e. The molecule has 3 nitrogen and oxygen atoms in total. The van der Waals surface area contributed by atoms with E-state index in [2.05, 4.69) is 43.2 Å². The van der Waals surface area contributed by atoms with Crippen LogP contribution in [-0.4, -0.2) is 44.7 Å². The molecule has 0 aromatic heterocycles. The van der Waals surface area contributed by atoms with Gasteiger partial charge in [-0.3, -0.25) is 0 Å². The van der Waals surface area contributed by atoms with Gasteiger partial charge in [0.05, 0.1) is 7.11 Å². The molecular formula is C16H26N2O. The van der Waals surface area contributed by atoms with Crippen molar-refractivity contribution in [3.8, 4) is 5.75 Å². The highest BCUT2D eigenvalue weighted by Gasteiger charge is 2.17. The third kappa shape index (κ3) is 3.71. The molecule has 1 aromatic carbocycles. The van der Waals surface area contributed by atoms with Crippen LogP contribution in [0.3, 0.4) is 0 Å².